The molecule has 2 atom stereocenters. The van der Waals surface area contributed by atoms with Crippen LogP contribution in [0.4, 0.5) is 11.4 Å². The molecule has 9 heteroatoms. The van der Waals surface area contributed by atoms with Gasteiger partial charge >= 0.3 is 0 Å². The number of benzene rings is 5. The molecular formula is C36H24N4O5. The van der Waals surface area contributed by atoms with Gasteiger partial charge in [0.2, 0.25) is 11.8 Å². The predicted molar refractivity (Wildman–Crippen MR) is 168 cm³/mol. The number of nitrogens with one attached hydrogen (secondary N) is 1. The normalized spacial score (nSPS) is 22.8. The first-order chi connectivity index (χ1) is 21.9. The summed E-state index contributed by atoms with van der Waals surface area (Å²) in [6, 6.07) is 34.1. The lowest BCUT2D eigenvalue weighted by atomic mass is 9.47. The Morgan fingerprint density at radius 1 is 0.800 bits per heavy atom. The van der Waals surface area contributed by atoms with Crippen LogP contribution in [0.3, 0.4) is 0 Å². The fraction of sp³-hybridized carbons (Fsp3) is 0.111. The monoisotopic (exact) mass is 592 g/mol. The Hall–Kier alpha value is -5.96. The molecule has 0 aromatic heterocycles. The molecule has 0 unspecified atom stereocenters. The molecule has 5 aromatic carbocycles. The summed E-state index contributed by atoms with van der Waals surface area (Å²) >= 11 is 0. The molecule has 3 aliphatic carbocycles. The summed E-state index contributed by atoms with van der Waals surface area (Å²) in [7, 11) is 0. The Labute approximate surface area is 256 Å². The molecule has 218 valence electrons. The number of amides is 3. The maximum absolute atomic E-state index is 14.5. The summed E-state index contributed by atoms with van der Waals surface area (Å²) in [6.45, 7) is 0. The van der Waals surface area contributed by atoms with Crippen LogP contribution in [0.2, 0.25) is 0 Å². The van der Waals surface area contributed by atoms with Crippen LogP contribution in [-0.4, -0.2) is 28.9 Å². The molecule has 2 bridgehead atoms. The number of nitro groups is 1. The van der Waals surface area contributed by atoms with E-state index in [1.54, 1.807) is 24.4 Å². The number of carbonyl (C=O) groups excluding carboxylic acids is 3. The van der Waals surface area contributed by atoms with Gasteiger partial charge in [-0.2, -0.15) is 5.10 Å². The molecule has 1 saturated heterocycles. The minimum atomic E-state index is -1.23. The van der Waals surface area contributed by atoms with Crippen LogP contribution in [0.15, 0.2) is 120 Å². The van der Waals surface area contributed by atoms with Crippen molar-refractivity contribution in [1.29, 1.82) is 0 Å². The Balaban J connectivity index is 1.29. The van der Waals surface area contributed by atoms with Crippen LogP contribution in [0.25, 0.3) is 10.8 Å². The summed E-state index contributed by atoms with van der Waals surface area (Å²) in [6.07, 6.45) is 1.58. The number of anilines is 1. The summed E-state index contributed by atoms with van der Waals surface area (Å²) < 4.78 is 0. The molecule has 1 fully saturated rings. The van der Waals surface area contributed by atoms with Gasteiger partial charge in [-0.1, -0.05) is 97.1 Å². The third-order valence-corrected chi connectivity index (χ3v) is 9.47. The molecule has 0 radical (unpaired) electrons. The molecule has 1 aliphatic heterocycles. The molecule has 9 rings (SSSR count). The number of hydrogen-bond donors (Lipinski definition) is 1. The molecule has 4 aliphatic rings. The zero-order valence-corrected chi connectivity index (χ0v) is 23.7. The smallest absolute Gasteiger partial charge is 0.274 e. The second-order valence-electron chi connectivity index (χ2n) is 11.5. The Kier molecular flexibility index (Phi) is 5.79. The summed E-state index contributed by atoms with van der Waals surface area (Å²) in [4.78, 5) is 54.7. The highest BCUT2D eigenvalue weighted by atomic mass is 16.6. The molecule has 0 spiro atoms. The molecule has 9 nitrogen and oxygen atoms in total. The van der Waals surface area contributed by atoms with Gasteiger partial charge in [0, 0.05) is 23.8 Å². The molecule has 5 aromatic rings. The van der Waals surface area contributed by atoms with E-state index in [0.29, 0.717) is 5.56 Å². The van der Waals surface area contributed by atoms with Gasteiger partial charge < -0.3 is 0 Å². The third kappa shape index (κ3) is 3.61. The van der Waals surface area contributed by atoms with E-state index in [0.717, 1.165) is 37.9 Å². The first-order valence-electron chi connectivity index (χ1n) is 14.6. The third-order valence-electron chi connectivity index (χ3n) is 9.47. The van der Waals surface area contributed by atoms with E-state index in [-0.39, 0.29) is 11.4 Å². The SMILES string of the molecule is O=C(N/N=C\C12c3ccccc3C(c3ccccc31)[C@@H]1C(=O)N(c3ccccc3[N+](=O)[O-])C(=O)[C@H]12)c1cccc2ccccc12. The van der Waals surface area contributed by atoms with E-state index in [2.05, 4.69) is 10.5 Å². The zero-order chi connectivity index (χ0) is 30.9. The van der Waals surface area contributed by atoms with Crippen molar-refractivity contribution in [3.05, 3.63) is 153 Å². The number of nitrogens with zero attached hydrogens (tertiary/aromatic N) is 3. The number of hydrazone groups is 1. The number of fused-ring (bicyclic) bond motifs is 1. The number of nitro benzene ring substituents is 1. The molecule has 0 saturated carbocycles. The lowest BCUT2D eigenvalue weighted by Gasteiger charge is -2.52. The zero-order valence-electron chi connectivity index (χ0n) is 23.7. The molecule has 1 heterocycles. The number of carbonyl (C=O) groups is 3. The highest BCUT2D eigenvalue weighted by Gasteiger charge is 2.68. The van der Waals surface area contributed by atoms with Crippen molar-refractivity contribution in [1.82, 2.24) is 5.43 Å². The van der Waals surface area contributed by atoms with Gasteiger partial charge in [0.15, 0.2) is 0 Å². The first kappa shape index (κ1) is 26.7. The van der Waals surface area contributed by atoms with Crippen LogP contribution in [0.5, 0.6) is 0 Å². The predicted octanol–water partition coefficient (Wildman–Crippen LogP) is 5.71. The van der Waals surface area contributed by atoms with E-state index < -0.39 is 45.8 Å². The fourth-order valence-corrected chi connectivity index (χ4v) is 7.77. The average molecular weight is 593 g/mol. The van der Waals surface area contributed by atoms with Gasteiger partial charge in [-0.3, -0.25) is 24.5 Å². The highest BCUT2D eigenvalue weighted by molar-refractivity contribution is 6.25. The summed E-state index contributed by atoms with van der Waals surface area (Å²) in [5.74, 6) is -3.67. The Morgan fingerprint density at radius 2 is 1.42 bits per heavy atom. The lowest BCUT2D eigenvalue weighted by molar-refractivity contribution is -0.384. The number of rotatable bonds is 5. The fourth-order valence-electron chi connectivity index (χ4n) is 7.77. The second kappa shape index (κ2) is 9.78. The van der Waals surface area contributed by atoms with Crippen LogP contribution in [-0.2, 0) is 15.0 Å². The van der Waals surface area contributed by atoms with Crippen molar-refractivity contribution in [3.63, 3.8) is 0 Å². The van der Waals surface area contributed by atoms with Crippen molar-refractivity contribution in [3.8, 4) is 0 Å². The highest BCUT2D eigenvalue weighted by Crippen LogP contribution is 2.63. The number of hydrogen-bond acceptors (Lipinski definition) is 6. The maximum Gasteiger partial charge on any atom is 0.293 e. The second-order valence-corrected chi connectivity index (χ2v) is 11.5. The van der Waals surface area contributed by atoms with Gasteiger partial charge in [-0.25, -0.2) is 10.3 Å². The van der Waals surface area contributed by atoms with E-state index >= 15 is 0 Å². The van der Waals surface area contributed by atoms with Gasteiger partial charge in [0.25, 0.3) is 11.6 Å². The standard InChI is InChI=1S/C36H24N4O5/c41-33(23-15-9-11-21-10-1-2-12-22(21)23)38-37-20-36-26-16-5-3-13-24(26)30(25-14-4-6-17-27(25)36)31-32(36)35(43)39(34(31)42)28-18-7-8-19-29(28)40(44)45/h1-20,30-32H,(H,38,41)/b37-20-/t30?,31-,32-,36?/m0/s1. The molecule has 1 N–H and O–H groups in total. The molecular weight excluding hydrogens is 568 g/mol. The van der Waals surface area contributed by atoms with Gasteiger partial charge in [-0.15, -0.1) is 0 Å². The lowest BCUT2D eigenvalue weighted by Crippen LogP contribution is -2.54. The summed E-state index contributed by atoms with van der Waals surface area (Å²) in [5, 5.41) is 18.1. The minimum Gasteiger partial charge on any atom is -0.274 e. The Morgan fingerprint density at radius 3 is 2.16 bits per heavy atom. The summed E-state index contributed by atoms with van der Waals surface area (Å²) in [5.41, 5.74) is 4.89. The van der Waals surface area contributed by atoms with Crippen molar-refractivity contribution in [2.45, 2.75) is 11.3 Å². The Bertz CT molecular complexity index is 2090. The van der Waals surface area contributed by atoms with Gasteiger partial charge in [0.05, 0.1) is 22.2 Å². The van der Waals surface area contributed by atoms with Crippen LogP contribution < -0.4 is 10.3 Å². The van der Waals surface area contributed by atoms with Crippen molar-refractivity contribution < 1.29 is 19.3 Å². The average Bonchev–Trinajstić information content (AvgIpc) is 3.34. The van der Waals surface area contributed by atoms with Crippen molar-refractivity contribution >= 4 is 46.1 Å². The quantitative estimate of drug-likeness (QED) is 0.121. The van der Waals surface area contributed by atoms with Crippen molar-refractivity contribution in [2.75, 3.05) is 4.90 Å². The van der Waals surface area contributed by atoms with E-state index in [1.807, 2.05) is 78.9 Å². The van der Waals surface area contributed by atoms with Crippen LogP contribution in [0.1, 0.15) is 38.5 Å². The van der Waals surface area contributed by atoms with Crippen LogP contribution in [0, 0.1) is 22.0 Å². The maximum atomic E-state index is 14.5. The van der Waals surface area contributed by atoms with Gasteiger partial charge in [-0.05, 0) is 45.2 Å². The topological polar surface area (TPSA) is 122 Å². The van der Waals surface area contributed by atoms with Gasteiger partial charge in [0.1, 0.15) is 5.69 Å². The molecule has 45 heavy (non-hydrogen) atoms. The van der Waals surface area contributed by atoms with E-state index in [9.17, 15) is 24.5 Å². The number of imide groups is 1. The minimum absolute atomic E-state index is 0.0595. The molecule has 3 amide bonds. The van der Waals surface area contributed by atoms with Crippen molar-refractivity contribution in [2.24, 2.45) is 16.9 Å². The first-order valence-corrected chi connectivity index (χ1v) is 14.6. The number of para-hydroxylation sites is 2. The van der Waals surface area contributed by atoms with E-state index in [4.69, 9.17) is 0 Å². The largest absolute Gasteiger partial charge is 0.293 e. The van der Waals surface area contributed by atoms with Crippen LogP contribution >= 0.6 is 0 Å². The van der Waals surface area contributed by atoms with E-state index in [1.165, 1.54) is 18.2 Å².